The minimum absolute atomic E-state index is 0.268. The van der Waals surface area contributed by atoms with Crippen molar-refractivity contribution >= 4 is 11.6 Å². The van der Waals surface area contributed by atoms with Crippen LogP contribution >= 0.6 is 11.6 Å². The molecule has 0 aliphatic heterocycles. The molecule has 0 fully saturated rings. The summed E-state index contributed by atoms with van der Waals surface area (Å²) in [6, 6.07) is 8.33. The molecule has 0 radical (unpaired) electrons. The first-order valence-corrected chi connectivity index (χ1v) is 6.08. The molecular formula is C14H13ClF2N2. The third-order valence-corrected chi connectivity index (χ3v) is 3.28. The predicted molar refractivity (Wildman–Crippen MR) is 71.7 cm³/mol. The Hall–Kier alpha value is -1.49. The summed E-state index contributed by atoms with van der Waals surface area (Å²) < 4.78 is 26.3. The Balaban J connectivity index is 2.46. The molecule has 0 aromatic heterocycles. The first-order chi connectivity index (χ1) is 9.02. The lowest BCUT2D eigenvalue weighted by atomic mass is 9.97. The van der Waals surface area contributed by atoms with Gasteiger partial charge in [-0.15, -0.1) is 0 Å². The molecule has 2 aromatic carbocycles. The van der Waals surface area contributed by atoms with Crippen LogP contribution in [0.1, 0.15) is 22.7 Å². The van der Waals surface area contributed by atoms with E-state index < -0.39 is 11.9 Å². The van der Waals surface area contributed by atoms with Gasteiger partial charge in [-0.1, -0.05) is 29.8 Å². The summed E-state index contributed by atoms with van der Waals surface area (Å²) in [5.41, 5.74) is 4.52. The maximum atomic E-state index is 13.3. The highest BCUT2D eigenvalue weighted by molar-refractivity contribution is 6.31. The van der Waals surface area contributed by atoms with E-state index >= 15 is 0 Å². The molecule has 2 nitrogen and oxygen atoms in total. The van der Waals surface area contributed by atoms with Crippen LogP contribution in [-0.2, 0) is 0 Å². The van der Waals surface area contributed by atoms with Gasteiger partial charge in [-0.05, 0) is 41.8 Å². The lowest BCUT2D eigenvalue weighted by molar-refractivity contribution is 0.604. The number of benzene rings is 2. The van der Waals surface area contributed by atoms with Gasteiger partial charge in [-0.3, -0.25) is 5.84 Å². The molecule has 0 heterocycles. The summed E-state index contributed by atoms with van der Waals surface area (Å²) >= 11 is 6.01. The average Bonchev–Trinajstić information content (AvgIpc) is 2.37. The van der Waals surface area contributed by atoms with Crippen molar-refractivity contribution < 1.29 is 8.78 Å². The lowest BCUT2D eigenvalue weighted by Gasteiger charge is -2.19. The normalized spacial score (nSPS) is 12.5. The summed E-state index contributed by atoms with van der Waals surface area (Å²) in [5.74, 6) is 4.83. The number of nitrogens with two attached hydrogens (primary N) is 1. The zero-order valence-corrected chi connectivity index (χ0v) is 11.0. The van der Waals surface area contributed by atoms with E-state index in [0.29, 0.717) is 11.1 Å². The second-order valence-electron chi connectivity index (χ2n) is 4.27. The van der Waals surface area contributed by atoms with Gasteiger partial charge in [-0.2, -0.15) is 0 Å². The van der Waals surface area contributed by atoms with Crippen molar-refractivity contribution in [3.8, 4) is 0 Å². The third kappa shape index (κ3) is 2.92. The van der Waals surface area contributed by atoms with Crippen LogP contribution in [-0.4, -0.2) is 0 Å². The average molecular weight is 283 g/mol. The summed E-state index contributed by atoms with van der Waals surface area (Å²) in [7, 11) is 0. The molecule has 5 heteroatoms. The summed E-state index contributed by atoms with van der Waals surface area (Å²) in [6.45, 7) is 1.67. The van der Waals surface area contributed by atoms with E-state index in [1.54, 1.807) is 25.1 Å². The highest BCUT2D eigenvalue weighted by Crippen LogP contribution is 2.29. The minimum Gasteiger partial charge on any atom is -0.271 e. The Bertz CT molecular complexity index is 602. The van der Waals surface area contributed by atoms with Gasteiger partial charge in [0.25, 0.3) is 0 Å². The smallest absolute Gasteiger partial charge is 0.126 e. The standard InChI is InChI=1S/C14H13ClF2N2/c1-8-6-9(2-5-13(8)17)14(19-18)11-4-3-10(16)7-12(11)15/h2-7,14,19H,18H2,1H3. The van der Waals surface area contributed by atoms with Crippen LogP contribution in [0.5, 0.6) is 0 Å². The van der Waals surface area contributed by atoms with Crippen molar-refractivity contribution in [3.63, 3.8) is 0 Å². The Labute approximate surface area is 115 Å². The zero-order chi connectivity index (χ0) is 14.0. The topological polar surface area (TPSA) is 38.0 Å². The van der Waals surface area contributed by atoms with Crippen LogP contribution in [0.25, 0.3) is 0 Å². The molecule has 0 bridgehead atoms. The first-order valence-electron chi connectivity index (χ1n) is 5.70. The van der Waals surface area contributed by atoms with Crippen LogP contribution in [0, 0.1) is 18.6 Å². The first kappa shape index (κ1) is 13.9. The Morgan fingerprint density at radius 3 is 2.47 bits per heavy atom. The van der Waals surface area contributed by atoms with E-state index in [-0.39, 0.29) is 10.8 Å². The van der Waals surface area contributed by atoms with Crippen molar-refractivity contribution in [2.45, 2.75) is 13.0 Å². The fraction of sp³-hybridized carbons (Fsp3) is 0.143. The van der Waals surface area contributed by atoms with Crippen molar-refractivity contribution in [2.75, 3.05) is 0 Å². The van der Waals surface area contributed by atoms with Crippen molar-refractivity contribution in [1.29, 1.82) is 0 Å². The van der Waals surface area contributed by atoms with Gasteiger partial charge >= 0.3 is 0 Å². The second kappa shape index (κ2) is 5.65. The van der Waals surface area contributed by atoms with Crippen LogP contribution in [0.2, 0.25) is 5.02 Å². The van der Waals surface area contributed by atoms with Gasteiger partial charge in [-0.25, -0.2) is 14.2 Å². The molecule has 1 atom stereocenters. The molecular weight excluding hydrogens is 270 g/mol. The van der Waals surface area contributed by atoms with Gasteiger partial charge in [0.2, 0.25) is 0 Å². The number of hydrogen-bond donors (Lipinski definition) is 2. The lowest BCUT2D eigenvalue weighted by Crippen LogP contribution is -2.29. The summed E-state index contributed by atoms with van der Waals surface area (Å²) in [6.07, 6.45) is 0. The Morgan fingerprint density at radius 2 is 1.89 bits per heavy atom. The van der Waals surface area contributed by atoms with Gasteiger partial charge in [0.1, 0.15) is 11.6 Å². The van der Waals surface area contributed by atoms with Crippen molar-refractivity contribution in [3.05, 3.63) is 69.7 Å². The van der Waals surface area contributed by atoms with Gasteiger partial charge in [0, 0.05) is 5.02 Å². The zero-order valence-electron chi connectivity index (χ0n) is 10.3. The predicted octanol–water partition coefficient (Wildman–Crippen LogP) is 3.48. The van der Waals surface area contributed by atoms with Crippen LogP contribution in [0.4, 0.5) is 8.78 Å². The number of nitrogens with one attached hydrogen (secondary N) is 1. The van der Waals surface area contributed by atoms with E-state index in [2.05, 4.69) is 5.43 Å². The molecule has 0 aliphatic rings. The maximum Gasteiger partial charge on any atom is 0.126 e. The van der Waals surface area contributed by atoms with E-state index in [1.165, 1.54) is 18.2 Å². The number of halogens is 3. The number of aryl methyl sites for hydroxylation is 1. The highest BCUT2D eigenvalue weighted by atomic mass is 35.5. The number of rotatable bonds is 3. The van der Waals surface area contributed by atoms with Crippen molar-refractivity contribution in [2.24, 2.45) is 5.84 Å². The SMILES string of the molecule is Cc1cc(C(NN)c2ccc(F)cc2Cl)ccc1F. The van der Waals surface area contributed by atoms with Crippen LogP contribution in [0.15, 0.2) is 36.4 Å². The van der Waals surface area contributed by atoms with Crippen molar-refractivity contribution in [1.82, 2.24) is 5.43 Å². The monoisotopic (exact) mass is 282 g/mol. The molecule has 0 saturated heterocycles. The van der Waals surface area contributed by atoms with E-state index in [4.69, 9.17) is 17.4 Å². The Morgan fingerprint density at radius 1 is 1.16 bits per heavy atom. The third-order valence-electron chi connectivity index (χ3n) is 2.96. The number of hydrazine groups is 1. The van der Waals surface area contributed by atoms with E-state index in [9.17, 15) is 8.78 Å². The van der Waals surface area contributed by atoms with Crippen LogP contribution < -0.4 is 11.3 Å². The molecule has 100 valence electrons. The fourth-order valence-electron chi connectivity index (χ4n) is 1.95. The highest BCUT2D eigenvalue weighted by Gasteiger charge is 2.16. The second-order valence-corrected chi connectivity index (χ2v) is 4.68. The molecule has 2 rings (SSSR count). The molecule has 1 unspecified atom stereocenters. The molecule has 0 amide bonds. The summed E-state index contributed by atoms with van der Waals surface area (Å²) in [4.78, 5) is 0. The summed E-state index contributed by atoms with van der Waals surface area (Å²) in [5, 5.41) is 0.268. The largest absolute Gasteiger partial charge is 0.271 e. The van der Waals surface area contributed by atoms with Gasteiger partial charge < -0.3 is 0 Å². The minimum atomic E-state index is -0.424. The molecule has 0 saturated carbocycles. The molecule has 0 aliphatic carbocycles. The van der Waals surface area contributed by atoms with E-state index in [0.717, 1.165) is 5.56 Å². The number of hydrogen-bond acceptors (Lipinski definition) is 2. The fourth-order valence-corrected chi connectivity index (χ4v) is 2.22. The molecule has 3 N–H and O–H groups in total. The molecule has 2 aromatic rings. The maximum absolute atomic E-state index is 13.3. The van der Waals surface area contributed by atoms with Gasteiger partial charge in [0.15, 0.2) is 0 Å². The van der Waals surface area contributed by atoms with E-state index in [1.807, 2.05) is 0 Å². The molecule has 0 spiro atoms. The molecule has 19 heavy (non-hydrogen) atoms. The quantitative estimate of drug-likeness (QED) is 0.668. The Kier molecular flexibility index (Phi) is 4.14. The van der Waals surface area contributed by atoms with Gasteiger partial charge in [0.05, 0.1) is 6.04 Å². The van der Waals surface area contributed by atoms with Crippen LogP contribution in [0.3, 0.4) is 0 Å².